The number of aromatic nitrogens is 4. The zero-order valence-corrected chi connectivity index (χ0v) is 16.3. The molecule has 0 unspecified atom stereocenters. The Balaban J connectivity index is 1.48. The summed E-state index contributed by atoms with van der Waals surface area (Å²) in [7, 11) is 1.59. The summed E-state index contributed by atoms with van der Waals surface area (Å²) < 4.78 is 8.19. The van der Waals surface area contributed by atoms with Crippen LogP contribution in [0.3, 0.4) is 0 Å². The van der Waals surface area contributed by atoms with Crippen LogP contribution in [0.4, 0.5) is 5.69 Å². The highest BCUT2D eigenvalue weighted by Crippen LogP contribution is 2.18. The van der Waals surface area contributed by atoms with Crippen LogP contribution in [0.2, 0.25) is 0 Å². The maximum atomic E-state index is 12.7. The van der Waals surface area contributed by atoms with Crippen LogP contribution in [-0.2, 0) is 4.79 Å². The maximum Gasteiger partial charge on any atom is 0.300 e. The molecule has 1 N–H and O–H groups in total. The molecule has 0 aliphatic carbocycles. The third-order valence-electron chi connectivity index (χ3n) is 4.18. The summed E-state index contributed by atoms with van der Waals surface area (Å²) in [6.07, 6.45) is 3.38. The number of rotatable bonds is 6. The van der Waals surface area contributed by atoms with E-state index in [1.54, 1.807) is 48.2 Å². The number of benzene rings is 2. The molecular formula is C20H17N5O3S. The van der Waals surface area contributed by atoms with Gasteiger partial charge < -0.3 is 10.1 Å². The van der Waals surface area contributed by atoms with Gasteiger partial charge in [-0.25, -0.2) is 0 Å². The summed E-state index contributed by atoms with van der Waals surface area (Å²) in [4.78, 5) is 24.9. The molecule has 1 amide bonds. The standard InChI is InChI=1S/C20H17N5O3S/c1-28-16-9-7-14(8-10-16)21-17(26)13-29-20-23-22-18-19(27)24(11-12-25(18)20)15-5-3-2-4-6-15/h2-12H,13H2,1H3,(H,21,26). The van der Waals surface area contributed by atoms with Crippen molar-refractivity contribution in [2.24, 2.45) is 0 Å². The number of ether oxygens (including phenoxy) is 1. The van der Waals surface area contributed by atoms with Crippen LogP contribution in [0, 0.1) is 0 Å². The highest BCUT2D eigenvalue weighted by molar-refractivity contribution is 7.99. The number of hydrogen-bond acceptors (Lipinski definition) is 6. The van der Waals surface area contributed by atoms with Gasteiger partial charge in [0.1, 0.15) is 5.75 Å². The predicted molar refractivity (Wildman–Crippen MR) is 111 cm³/mol. The van der Waals surface area contributed by atoms with Gasteiger partial charge in [-0.3, -0.25) is 18.6 Å². The molecule has 0 bridgehead atoms. The summed E-state index contributed by atoms with van der Waals surface area (Å²) >= 11 is 1.21. The number of thioether (sulfide) groups is 1. The van der Waals surface area contributed by atoms with Gasteiger partial charge in [0.15, 0.2) is 5.16 Å². The van der Waals surface area contributed by atoms with Crippen LogP contribution in [0.5, 0.6) is 5.75 Å². The van der Waals surface area contributed by atoms with Crippen molar-refractivity contribution >= 4 is 29.0 Å². The molecule has 8 nitrogen and oxygen atoms in total. The Hall–Kier alpha value is -3.59. The minimum Gasteiger partial charge on any atom is -0.497 e. The van der Waals surface area contributed by atoms with E-state index in [2.05, 4.69) is 15.5 Å². The van der Waals surface area contributed by atoms with E-state index in [1.165, 1.54) is 16.3 Å². The zero-order chi connectivity index (χ0) is 20.2. The van der Waals surface area contributed by atoms with Gasteiger partial charge in [-0.15, -0.1) is 10.2 Å². The van der Waals surface area contributed by atoms with Crippen molar-refractivity contribution in [2.45, 2.75) is 5.16 Å². The number of nitrogens with zero attached hydrogens (tertiary/aromatic N) is 4. The largest absolute Gasteiger partial charge is 0.497 e. The molecule has 2 aromatic carbocycles. The second-order valence-corrected chi connectivity index (χ2v) is 6.99. The molecular weight excluding hydrogens is 390 g/mol. The lowest BCUT2D eigenvalue weighted by Crippen LogP contribution is -2.20. The Bertz CT molecular complexity index is 1200. The van der Waals surface area contributed by atoms with Crippen LogP contribution in [-0.4, -0.2) is 37.9 Å². The van der Waals surface area contributed by atoms with Crippen molar-refractivity contribution in [3.63, 3.8) is 0 Å². The monoisotopic (exact) mass is 407 g/mol. The molecule has 0 fully saturated rings. The molecule has 9 heteroatoms. The number of carbonyl (C=O) groups excluding carboxylic acids is 1. The van der Waals surface area contributed by atoms with Gasteiger partial charge in [-0.2, -0.15) is 0 Å². The van der Waals surface area contributed by atoms with E-state index < -0.39 is 0 Å². The number of fused-ring (bicyclic) bond motifs is 1. The molecule has 2 aromatic heterocycles. The third-order valence-corrected chi connectivity index (χ3v) is 5.12. The van der Waals surface area contributed by atoms with Crippen molar-refractivity contribution < 1.29 is 9.53 Å². The first kappa shape index (κ1) is 18.8. The van der Waals surface area contributed by atoms with Crippen LogP contribution in [0.25, 0.3) is 11.3 Å². The number of nitrogens with one attached hydrogen (secondary N) is 1. The molecule has 0 saturated carbocycles. The van der Waals surface area contributed by atoms with E-state index in [0.29, 0.717) is 16.6 Å². The molecule has 146 valence electrons. The van der Waals surface area contributed by atoms with Crippen molar-refractivity contribution in [3.05, 3.63) is 77.3 Å². The van der Waals surface area contributed by atoms with Crippen LogP contribution in [0.15, 0.2) is 76.9 Å². The number of carbonyl (C=O) groups is 1. The average Bonchev–Trinajstić information content (AvgIpc) is 3.18. The van der Waals surface area contributed by atoms with Crippen molar-refractivity contribution in [2.75, 3.05) is 18.2 Å². The minimum atomic E-state index is -0.277. The van der Waals surface area contributed by atoms with Gasteiger partial charge in [0.05, 0.1) is 12.9 Å². The van der Waals surface area contributed by atoms with Crippen molar-refractivity contribution in [3.8, 4) is 11.4 Å². The van der Waals surface area contributed by atoms with E-state index in [1.807, 2.05) is 30.3 Å². The Morgan fingerprint density at radius 2 is 1.83 bits per heavy atom. The molecule has 0 spiro atoms. The number of hydrogen-bond donors (Lipinski definition) is 1. The van der Waals surface area contributed by atoms with Gasteiger partial charge in [0.25, 0.3) is 0 Å². The lowest BCUT2D eigenvalue weighted by molar-refractivity contribution is -0.113. The fraction of sp³-hybridized carbons (Fsp3) is 0.100. The smallest absolute Gasteiger partial charge is 0.300 e. The molecule has 4 rings (SSSR count). The van der Waals surface area contributed by atoms with E-state index in [-0.39, 0.29) is 22.9 Å². The summed E-state index contributed by atoms with van der Waals surface area (Å²) in [6, 6.07) is 16.4. The first-order valence-electron chi connectivity index (χ1n) is 8.74. The number of amides is 1. The van der Waals surface area contributed by atoms with Gasteiger partial charge in [0.2, 0.25) is 11.6 Å². The highest BCUT2D eigenvalue weighted by atomic mass is 32.2. The average molecular weight is 407 g/mol. The van der Waals surface area contributed by atoms with Crippen LogP contribution in [0.1, 0.15) is 0 Å². The summed E-state index contributed by atoms with van der Waals surface area (Å²) in [6.45, 7) is 0. The quantitative estimate of drug-likeness (QED) is 0.494. The molecule has 0 radical (unpaired) electrons. The summed E-state index contributed by atoms with van der Waals surface area (Å²) in [5.41, 5.74) is 1.35. The molecule has 0 saturated heterocycles. The zero-order valence-electron chi connectivity index (χ0n) is 15.5. The Morgan fingerprint density at radius 1 is 1.07 bits per heavy atom. The molecule has 0 aliphatic rings. The Kier molecular flexibility index (Phi) is 5.30. The normalized spacial score (nSPS) is 10.8. The van der Waals surface area contributed by atoms with E-state index in [0.717, 1.165) is 5.69 Å². The fourth-order valence-corrected chi connectivity index (χ4v) is 3.48. The summed E-state index contributed by atoms with van der Waals surface area (Å²) in [5.74, 6) is 0.664. The molecule has 4 aromatic rings. The summed E-state index contributed by atoms with van der Waals surface area (Å²) in [5, 5.41) is 11.3. The van der Waals surface area contributed by atoms with E-state index in [9.17, 15) is 9.59 Å². The lowest BCUT2D eigenvalue weighted by Gasteiger charge is -2.07. The van der Waals surface area contributed by atoms with Crippen molar-refractivity contribution in [1.29, 1.82) is 0 Å². The number of methoxy groups -OCH3 is 1. The Labute approximate surface area is 170 Å². The van der Waals surface area contributed by atoms with E-state index in [4.69, 9.17) is 4.74 Å². The first-order valence-corrected chi connectivity index (χ1v) is 9.73. The Morgan fingerprint density at radius 3 is 2.55 bits per heavy atom. The van der Waals surface area contributed by atoms with Crippen molar-refractivity contribution in [1.82, 2.24) is 19.2 Å². The predicted octanol–water partition coefficient (Wildman–Crippen LogP) is 2.62. The maximum absolute atomic E-state index is 12.7. The molecule has 0 aliphatic heterocycles. The van der Waals surface area contributed by atoms with Gasteiger partial charge >= 0.3 is 5.56 Å². The molecule has 29 heavy (non-hydrogen) atoms. The molecule has 2 heterocycles. The van der Waals surface area contributed by atoms with Gasteiger partial charge in [0, 0.05) is 23.8 Å². The van der Waals surface area contributed by atoms with E-state index >= 15 is 0 Å². The fourth-order valence-electron chi connectivity index (χ4n) is 2.76. The first-order chi connectivity index (χ1) is 14.2. The van der Waals surface area contributed by atoms with Crippen LogP contribution >= 0.6 is 11.8 Å². The third kappa shape index (κ3) is 3.99. The number of anilines is 1. The second-order valence-electron chi connectivity index (χ2n) is 6.05. The highest BCUT2D eigenvalue weighted by Gasteiger charge is 2.13. The van der Waals surface area contributed by atoms with Gasteiger partial charge in [-0.1, -0.05) is 30.0 Å². The number of para-hydroxylation sites is 1. The van der Waals surface area contributed by atoms with Gasteiger partial charge in [-0.05, 0) is 36.4 Å². The molecule has 0 atom stereocenters. The lowest BCUT2D eigenvalue weighted by atomic mass is 10.3. The van der Waals surface area contributed by atoms with Crippen LogP contribution < -0.4 is 15.6 Å². The topological polar surface area (TPSA) is 90.5 Å². The minimum absolute atomic E-state index is 0.134. The second kappa shape index (κ2) is 8.19. The SMILES string of the molecule is COc1ccc(NC(=O)CSc2nnc3c(=O)n(-c4ccccc4)ccn23)cc1.